The zero-order valence-electron chi connectivity index (χ0n) is 14.4. The first-order valence-electron chi connectivity index (χ1n) is 8.59. The van der Waals surface area contributed by atoms with Crippen LogP contribution < -0.4 is 10.6 Å². The molecule has 0 aromatic heterocycles. The van der Waals surface area contributed by atoms with Crippen molar-refractivity contribution in [3.8, 4) is 0 Å². The lowest BCUT2D eigenvalue weighted by atomic mass is 9.83. The number of anilines is 2. The number of nitrogen functional groups attached to an aromatic ring is 1. The third-order valence-electron chi connectivity index (χ3n) is 5.15. The van der Waals surface area contributed by atoms with Crippen molar-refractivity contribution in [3.05, 3.63) is 94.0 Å². The summed E-state index contributed by atoms with van der Waals surface area (Å²) in [6, 6.07) is 15.9. The molecule has 0 saturated carbocycles. The Morgan fingerprint density at radius 1 is 0.571 bits per heavy atom. The van der Waals surface area contributed by atoms with Crippen LogP contribution in [-0.4, -0.2) is 23.4 Å². The van der Waals surface area contributed by atoms with Crippen molar-refractivity contribution in [2.75, 3.05) is 10.6 Å². The molecular weight excluding hydrogens is 356 g/mol. The fourth-order valence-corrected chi connectivity index (χ4v) is 3.80. The van der Waals surface area contributed by atoms with E-state index in [0.29, 0.717) is 5.56 Å². The molecule has 2 aliphatic rings. The third kappa shape index (κ3) is 1.91. The molecule has 1 aliphatic heterocycles. The number of nitrogens with two attached hydrogens (primary N) is 1. The molecule has 28 heavy (non-hydrogen) atoms. The van der Waals surface area contributed by atoms with Gasteiger partial charge in [0.25, 0.3) is 11.8 Å². The lowest BCUT2D eigenvalue weighted by Crippen LogP contribution is -2.31. The van der Waals surface area contributed by atoms with Crippen LogP contribution >= 0.6 is 0 Å². The van der Waals surface area contributed by atoms with Gasteiger partial charge in [0.2, 0.25) is 0 Å². The Kier molecular flexibility index (Phi) is 3.15. The van der Waals surface area contributed by atoms with Gasteiger partial charge in [0, 0.05) is 16.7 Å². The van der Waals surface area contributed by atoms with Crippen molar-refractivity contribution in [1.29, 1.82) is 0 Å². The molecule has 0 unspecified atom stereocenters. The van der Waals surface area contributed by atoms with Crippen LogP contribution in [0.25, 0.3) is 0 Å². The zero-order chi connectivity index (χ0) is 19.6. The minimum atomic E-state index is -0.512. The third-order valence-corrected chi connectivity index (χ3v) is 5.15. The van der Waals surface area contributed by atoms with Crippen molar-refractivity contribution in [1.82, 2.24) is 0 Å². The second-order valence-electron chi connectivity index (χ2n) is 6.62. The standard InChI is InChI=1S/C22H12N2O4/c23-18-16(24-21(27)13-7-3-4-8-14(13)22(24)28)10-9-15-17(18)20(26)12-6-2-1-5-11(12)19(15)25/h1-10H,23H2. The van der Waals surface area contributed by atoms with E-state index in [4.69, 9.17) is 5.73 Å². The van der Waals surface area contributed by atoms with Crippen LogP contribution in [0.3, 0.4) is 0 Å². The van der Waals surface area contributed by atoms with Gasteiger partial charge in [-0.2, -0.15) is 0 Å². The summed E-state index contributed by atoms with van der Waals surface area (Å²) in [7, 11) is 0. The topological polar surface area (TPSA) is 97.5 Å². The second-order valence-corrected chi connectivity index (χ2v) is 6.62. The van der Waals surface area contributed by atoms with Gasteiger partial charge >= 0.3 is 0 Å². The van der Waals surface area contributed by atoms with Gasteiger partial charge in [-0.25, -0.2) is 4.90 Å². The molecule has 134 valence electrons. The number of amides is 2. The summed E-state index contributed by atoms with van der Waals surface area (Å²) in [5.41, 5.74) is 7.59. The summed E-state index contributed by atoms with van der Waals surface area (Å²) in [5.74, 6) is -1.74. The Bertz CT molecular complexity index is 1220. The van der Waals surface area contributed by atoms with Gasteiger partial charge in [-0.3, -0.25) is 19.2 Å². The number of nitrogens with zero attached hydrogens (tertiary/aromatic N) is 1. The van der Waals surface area contributed by atoms with Crippen molar-refractivity contribution >= 4 is 34.8 Å². The minimum absolute atomic E-state index is 0.0257. The maximum atomic E-state index is 13.0. The van der Waals surface area contributed by atoms with Crippen LogP contribution in [0, 0.1) is 0 Å². The molecule has 2 amide bonds. The summed E-state index contributed by atoms with van der Waals surface area (Å²) in [4.78, 5) is 52.3. The van der Waals surface area contributed by atoms with Crippen molar-refractivity contribution in [2.24, 2.45) is 0 Å². The Labute approximate surface area is 159 Å². The zero-order valence-corrected chi connectivity index (χ0v) is 14.4. The average molecular weight is 368 g/mol. The molecule has 5 rings (SSSR count). The molecule has 2 N–H and O–H groups in total. The fraction of sp³-hybridized carbons (Fsp3) is 0. The first-order chi connectivity index (χ1) is 13.5. The van der Waals surface area contributed by atoms with Gasteiger partial charge in [0.1, 0.15) is 0 Å². The normalized spacial score (nSPS) is 14.8. The second kappa shape index (κ2) is 5.47. The highest BCUT2D eigenvalue weighted by atomic mass is 16.2. The molecule has 0 fully saturated rings. The highest BCUT2D eigenvalue weighted by Crippen LogP contribution is 2.39. The predicted molar refractivity (Wildman–Crippen MR) is 102 cm³/mol. The van der Waals surface area contributed by atoms with Crippen LogP contribution in [0.4, 0.5) is 11.4 Å². The number of hydrogen-bond acceptors (Lipinski definition) is 5. The lowest BCUT2D eigenvalue weighted by molar-refractivity contribution is 0.0924. The van der Waals surface area contributed by atoms with Crippen molar-refractivity contribution in [2.45, 2.75) is 0 Å². The van der Waals surface area contributed by atoms with Gasteiger partial charge in [-0.1, -0.05) is 36.4 Å². The van der Waals surface area contributed by atoms with Crippen molar-refractivity contribution < 1.29 is 19.2 Å². The number of carbonyl (C=O) groups is 4. The van der Waals surface area contributed by atoms with E-state index in [9.17, 15) is 19.2 Å². The SMILES string of the molecule is Nc1c(N2C(=O)c3ccccc3C2=O)ccc2c1C(=O)c1ccccc1C2=O. The Hall–Kier alpha value is -4.06. The summed E-state index contributed by atoms with van der Waals surface area (Å²) in [5, 5.41) is 0. The molecule has 6 nitrogen and oxygen atoms in total. The van der Waals surface area contributed by atoms with E-state index in [-0.39, 0.29) is 45.0 Å². The first-order valence-corrected chi connectivity index (χ1v) is 8.59. The number of ketones is 2. The highest BCUT2D eigenvalue weighted by Gasteiger charge is 2.39. The van der Waals surface area contributed by atoms with E-state index in [1.165, 1.54) is 12.1 Å². The molecule has 1 heterocycles. The van der Waals surface area contributed by atoms with Gasteiger partial charge in [-0.15, -0.1) is 0 Å². The summed E-state index contributed by atoms with van der Waals surface area (Å²) in [6.45, 7) is 0. The van der Waals surface area contributed by atoms with Gasteiger partial charge in [0.15, 0.2) is 11.6 Å². The Morgan fingerprint density at radius 3 is 1.64 bits per heavy atom. The van der Waals surface area contributed by atoms with Crippen LogP contribution in [-0.2, 0) is 0 Å². The fourth-order valence-electron chi connectivity index (χ4n) is 3.80. The van der Waals surface area contributed by atoms with E-state index < -0.39 is 17.6 Å². The number of rotatable bonds is 1. The van der Waals surface area contributed by atoms with Gasteiger partial charge < -0.3 is 5.73 Å². The van der Waals surface area contributed by atoms with Crippen molar-refractivity contribution in [3.63, 3.8) is 0 Å². The smallest absolute Gasteiger partial charge is 0.266 e. The minimum Gasteiger partial charge on any atom is -0.396 e. The molecule has 0 spiro atoms. The molecule has 3 aromatic carbocycles. The van der Waals surface area contributed by atoms with Crippen LogP contribution in [0.5, 0.6) is 0 Å². The maximum absolute atomic E-state index is 13.0. The number of imide groups is 1. The number of carbonyl (C=O) groups excluding carboxylic acids is 4. The van der Waals surface area contributed by atoms with E-state index in [0.717, 1.165) is 4.90 Å². The Balaban J connectivity index is 1.70. The summed E-state index contributed by atoms with van der Waals surface area (Å²) < 4.78 is 0. The maximum Gasteiger partial charge on any atom is 0.266 e. The molecule has 1 aliphatic carbocycles. The Morgan fingerprint density at radius 2 is 1.07 bits per heavy atom. The largest absolute Gasteiger partial charge is 0.396 e. The number of fused-ring (bicyclic) bond motifs is 3. The molecule has 0 radical (unpaired) electrons. The molecule has 6 heteroatoms. The highest BCUT2D eigenvalue weighted by molar-refractivity contribution is 6.37. The van der Waals surface area contributed by atoms with E-state index in [1.807, 2.05) is 0 Å². The first kappa shape index (κ1) is 16.1. The number of hydrogen-bond donors (Lipinski definition) is 1. The van der Waals surface area contributed by atoms with Gasteiger partial charge in [0.05, 0.1) is 28.1 Å². The molecule has 0 atom stereocenters. The molecule has 0 bridgehead atoms. The monoisotopic (exact) mass is 368 g/mol. The summed E-state index contributed by atoms with van der Waals surface area (Å²) in [6.07, 6.45) is 0. The van der Waals surface area contributed by atoms with Crippen LogP contribution in [0.1, 0.15) is 52.6 Å². The van der Waals surface area contributed by atoms with E-state index >= 15 is 0 Å². The number of benzene rings is 3. The van der Waals surface area contributed by atoms with E-state index in [1.54, 1.807) is 48.5 Å². The van der Waals surface area contributed by atoms with Crippen LogP contribution in [0.15, 0.2) is 60.7 Å². The predicted octanol–water partition coefficient (Wildman–Crippen LogP) is 2.84. The van der Waals surface area contributed by atoms with Gasteiger partial charge in [-0.05, 0) is 24.3 Å². The average Bonchev–Trinajstić information content (AvgIpc) is 2.97. The lowest BCUT2D eigenvalue weighted by Gasteiger charge is -2.23. The van der Waals surface area contributed by atoms with Crippen LogP contribution in [0.2, 0.25) is 0 Å². The summed E-state index contributed by atoms with van der Waals surface area (Å²) >= 11 is 0. The van der Waals surface area contributed by atoms with E-state index in [2.05, 4.69) is 0 Å². The molecular formula is C22H12N2O4. The molecule has 0 saturated heterocycles. The quantitative estimate of drug-likeness (QED) is 0.412. The molecule has 3 aromatic rings.